The van der Waals surface area contributed by atoms with E-state index in [1.807, 2.05) is 6.07 Å². The molecule has 1 aliphatic heterocycles. The first-order valence-corrected chi connectivity index (χ1v) is 10.5. The summed E-state index contributed by atoms with van der Waals surface area (Å²) in [5.41, 5.74) is 2.05. The van der Waals surface area contributed by atoms with E-state index in [1.165, 1.54) is 12.0 Å². The molecular formula is C24H30N4O2. The summed E-state index contributed by atoms with van der Waals surface area (Å²) < 4.78 is 4.90. The lowest BCUT2D eigenvalue weighted by Crippen LogP contribution is -2.66. The van der Waals surface area contributed by atoms with Crippen molar-refractivity contribution in [1.82, 2.24) is 20.0 Å². The van der Waals surface area contributed by atoms with Crippen molar-refractivity contribution >= 4 is 0 Å². The summed E-state index contributed by atoms with van der Waals surface area (Å²) in [5.74, 6) is 0.899. The van der Waals surface area contributed by atoms with E-state index in [0.717, 1.165) is 29.8 Å². The minimum atomic E-state index is -1.19. The standard InChI is InChI=1S/C24H30N4O2/c1-16(2)18-6-8-20(9-7-18)24(29,23(5)13-28(14-23)17(3)4)21-10-19(11-25-12-21)22-26-15-30-27-22/h6-12,15-17,29H,13-14H2,1-5H3/t24-/m0/s1. The maximum absolute atomic E-state index is 12.4. The molecule has 1 aromatic carbocycles. The first kappa shape index (κ1) is 20.7. The zero-order chi connectivity index (χ0) is 21.5. The van der Waals surface area contributed by atoms with Crippen LogP contribution in [0.25, 0.3) is 11.4 Å². The molecule has 0 spiro atoms. The van der Waals surface area contributed by atoms with Gasteiger partial charge in [-0.3, -0.25) is 9.88 Å². The highest BCUT2D eigenvalue weighted by Gasteiger charge is 2.56. The van der Waals surface area contributed by atoms with Crippen molar-refractivity contribution in [2.75, 3.05) is 13.1 Å². The van der Waals surface area contributed by atoms with Crippen LogP contribution in [0.2, 0.25) is 0 Å². The molecule has 3 aromatic rings. The summed E-state index contributed by atoms with van der Waals surface area (Å²) in [6, 6.07) is 10.7. The van der Waals surface area contributed by atoms with Crippen molar-refractivity contribution in [3.63, 3.8) is 0 Å². The van der Waals surface area contributed by atoms with Crippen molar-refractivity contribution < 1.29 is 9.63 Å². The number of hydrogen-bond donors (Lipinski definition) is 1. The number of benzene rings is 1. The average Bonchev–Trinajstić information content (AvgIpc) is 3.25. The van der Waals surface area contributed by atoms with Gasteiger partial charge in [0.15, 0.2) is 0 Å². The lowest BCUT2D eigenvalue weighted by molar-refractivity contribution is -0.144. The fourth-order valence-electron chi connectivity index (χ4n) is 4.47. The molecule has 1 N–H and O–H groups in total. The van der Waals surface area contributed by atoms with Gasteiger partial charge in [0.05, 0.1) is 0 Å². The van der Waals surface area contributed by atoms with E-state index in [-0.39, 0.29) is 5.41 Å². The van der Waals surface area contributed by atoms with Crippen molar-refractivity contribution in [2.45, 2.75) is 52.2 Å². The van der Waals surface area contributed by atoms with Crippen LogP contribution < -0.4 is 0 Å². The molecule has 1 aliphatic rings. The number of hydrogen-bond acceptors (Lipinski definition) is 6. The van der Waals surface area contributed by atoms with Crippen LogP contribution in [0.3, 0.4) is 0 Å². The second kappa shape index (κ2) is 7.60. The van der Waals surface area contributed by atoms with Crippen molar-refractivity contribution in [1.29, 1.82) is 0 Å². The molecule has 30 heavy (non-hydrogen) atoms. The van der Waals surface area contributed by atoms with Crippen LogP contribution >= 0.6 is 0 Å². The van der Waals surface area contributed by atoms with E-state index in [2.05, 4.69) is 78.9 Å². The summed E-state index contributed by atoms with van der Waals surface area (Å²) in [6.07, 6.45) is 4.75. The molecule has 0 aliphatic carbocycles. The third-order valence-electron chi connectivity index (χ3n) is 6.48. The molecule has 1 atom stereocenters. The van der Waals surface area contributed by atoms with Gasteiger partial charge in [-0.25, -0.2) is 0 Å². The van der Waals surface area contributed by atoms with Gasteiger partial charge >= 0.3 is 0 Å². The first-order chi connectivity index (χ1) is 14.2. The summed E-state index contributed by atoms with van der Waals surface area (Å²) in [7, 11) is 0. The fraction of sp³-hybridized carbons (Fsp3) is 0.458. The maximum Gasteiger partial charge on any atom is 0.214 e. The molecule has 0 radical (unpaired) electrons. The molecule has 2 aromatic heterocycles. The second-order valence-corrected chi connectivity index (χ2v) is 9.26. The number of likely N-dealkylation sites (tertiary alicyclic amines) is 1. The summed E-state index contributed by atoms with van der Waals surface area (Å²) >= 11 is 0. The minimum Gasteiger partial charge on any atom is -0.380 e. The van der Waals surface area contributed by atoms with Crippen LogP contribution in [-0.2, 0) is 5.60 Å². The Morgan fingerprint density at radius 2 is 1.77 bits per heavy atom. The van der Waals surface area contributed by atoms with E-state index in [0.29, 0.717) is 17.8 Å². The summed E-state index contributed by atoms with van der Waals surface area (Å²) in [6.45, 7) is 12.5. The molecule has 0 bridgehead atoms. The lowest BCUT2D eigenvalue weighted by atomic mass is 9.61. The van der Waals surface area contributed by atoms with Crippen LogP contribution in [0.4, 0.5) is 0 Å². The Labute approximate surface area is 178 Å². The minimum absolute atomic E-state index is 0.353. The molecule has 0 saturated carbocycles. The van der Waals surface area contributed by atoms with Crippen LogP contribution in [0, 0.1) is 5.41 Å². The Balaban J connectivity index is 1.81. The summed E-state index contributed by atoms with van der Waals surface area (Å²) in [4.78, 5) is 10.9. The first-order valence-electron chi connectivity index (χ1n) is 10.5. The largest absolute Gasteiger partial charge is 0.380 e. The SMILES string of the molecule is CC(C)c1ccc([C@](O)(c2cncc(-c3ncon3)c2)C2(C)CN(C(C)C)C2)cc1. The van der Waals surface area contributed by atoms with Crippen LogP contribution in [0.15, 0.2) is 53.6 Å². The van der Waals surface area contributed by atoms with Crippen molar-refractivity contribution in [2.24, 2.45) is 5.41 Å². The van der Waals surface area contributed by atoms with Crippen molar-refractivity contribution in [3.05, 3.63) is 65.8 Å². The van der Waals surface area contributed by atoms with E-state index >= 15 is 0 Å². The van der Waals surface area contributed by atoms with E-state index in [9.17, 15) is 5.11 Å². The molecular weight excluding hydrogens is 376 g/mol. The number of pyridine rings is 1. The lowest BCUT2D eigenvalue weighted by Gasteiger charge is -2.58. The Hall–Kier alpha value is -2.57. The summed E-state index contributed by atoms with van der Waals surface area (Å²) in [5, 5.41) is 16.3. The third kappa shape index (κ3) is 3.34. The third-order valence-corrected chi connectivity index (χ3v) is 6.48. The molecule has 0 amide bonds. The highest BCUT2D eigenvalue weighted by molar-refractivity contribution is 5.55. The van der Waals surface area contributed by atoms with Gasteiger partial charge in [-0.1, -0.05) is 50.2 Å². The fourth-order valence-corrected chi connectivity index (χ4v) is 4.47. The molecule has 3 heterocycles. The predicted molar refractivity (Wildman–Crippen MR) is 116 cm³/mol. The molecule has 6 nitrogen and oxygen atoms in total. The van der Waals surface area contributed by atoms with Gasteiger partial charge in [0, 0.05) is 48.1 Å². The zero-order valence-corrected chi connectivity index (χ0v) is 18.3. The maximum atomic E-state index is 12.4. The Kier molecular flexibility index (Phi) is 5.24. The van der Waals surface area contributed by atoms with Gasteiger partial charge in [0.25, 0.3) is 0 Å². The van der Waals surface area contributed by atoms with Gasteiger partial charge in [0.1, 0.15) is 5.60 Å². The average molecular weight is 407 g/mol. The Morgan fingerprint density at radius 3 is 2.33 bits per heavy atom. The molecule has 4 rings (SSSR count). The number of nitrogens with zero attached hydrogens (tertiary/aromatic N) is 4. The highest BCUT2D eigenvalue weighted by Crippen LogP contribution is 2.51. The normalized spacial score (nSPS) is 18.4. The molecule has 1 saturated heterocycles. The van der Waals surface area contributed by atoms with Gasteiger partial charge in [-0.2, -0.15) is 4.98 Å². The zero-order valence-electron chi connectivity index (χ0n) is 18.3. The van der Waals surface area contributed by atoms with Crippen molar-refractivity contribution in [3.8, 4) is 11.4 Å². The quantitative estimate of drug-likeness (QED) is 0.661. The molecule has 6 heteroatoms. The van der Waals surface area contributed by atoms with E-state index in [4.69, 9.17) is 4.52 Å². The number of aliphatic hydroxyl groups is 1. The van der Waals surface area contributed by atoms with E-state index in [1.54, 1.807) is 12.4 Å². The van der Waals surface area contributed by atoms with Gasteiger partial charge < -0.3 is 9.63 Å². The molecule has 1 fully saturated rings. The Morgan fingerprint density at radius 1 is 1.07 bits per heavy atom. The van der Waals surface area contributed by atoms with Gasteiger partial charge in [-0.05, 0) is 37.0 Å². The number of rotatable bonds is 6. The highest BCUT2D eigenvalue weighted by atomic mass is 16.5. The molecule has 158 valence electrons. The van der Waals surface area contributed by atoms with Crippen LogP contribution in [0.5, 0.6) is 0 Å². The smallest absolute Gasteiger partial charge is 0.214 e. The monoisotopic (exact) mass is 406 g/mol. The van der Waals surface area contributed by atoms with Gasteiger partial charge in [0.2, 0.25) is 12.2 Å². The Bertz CT molecular complexity index is 992. The van der Waals surface area contributed by atoms with Crippen LogP contribution in [0.1, 0.15) is 57.2 Å². The topological polar surface area (TPSA) is 75.3 Å². The number of aromatic nitrogens is 3. The van der Waals surface area contributed by atoms with Gasteiger partial charge in [-0.15, -0.1) is 0 Å². The predicted octanol–water partition coefficient (Wildman–Crippen LogP) is 4.22. The molecule has 0 unspecified atom stereocenters. The van der Waals surface area contributed by atoms with E-state index < -0.39 is 5.60 Å². The second-order valence-electron chi connectivity index (χ2n) is 9.26. The van der Waals surface area contributed by atoms with Crippen LogP contribution in [-0.4, -0.2) is 44.3 Å².